The van der Waals surface area contributed by atoms with Crippen molar-refractivity contribution in [2.75, 3.05) is 6.54 Å². The maximum atomic E-state index is 11.9. The summed E-state index contributed by atoms with van der Waals surface area (Å²) in [7, 11) is 0. The van der Waals surface area contributed by atoms with Crippen LogP contribution in [0.3, 0.4) is 0 Å². The highest BCUT2D eigenvalue weighted by Crippen LogP contribution is 2.18. The summed E-state index contributed by atoms with van der Waals surface area (Å²) in [5, 5.41) is 20.2. The van der Waals surface area contributed by atoms with E-state index in [0.717, 1.165) is 5.56 Å². The fraction of sp³-hybridized carbons (Fsp3) is 0.429. The number of benzene rings is 1. The van der Waals surface area contributed by atoms with E-state index in [4.69, 9.17) is 15.9 Å². The second-order valence-corrected chi connectivity index (χ2v) is 4.66. The summed E-state index contributed by atoms with van der Waals surface area (Å²) in [6, 6.07) is 8.84. The third-order valence-corrected chi connectivity index (χ3v) is 3.14. The predicted molar refractivity (Wildman–Crippen MR) is 73.8 cm³/mol. The molecule has 0 spiro atoms. The Morgan fingerprint density at radius 3 is 2.45 bits per heavy atom. The van der Waals surface area contributed by atoms with Gasteiger partial charge >= 0.3 is 5.97 Å². The van der Waals surface area contributed by atoms with E-state index in [-0.39, 0.29) is 18.9 Å². The first-order chi connectivity index (χ1) is 9.43. The first-order valence-electron chi connectivity index (χ1n) is 6.42. The largest absolute Gasteiger partial charge is 0.479 e. The van der Waals surface area contributed by atoms with Crippen LogP contribution in [0.4, 0.5) is 0 Å². The zero-order valence-corrected chi connectivity index (χ0v) is 11.3. The van der Waals surface area contributed by atoms with Gasteiger partial charge in [0.2, 0.25) is 5.91 Å². The molecule has 0 bridgehead atoms. The number of nitrogens with two attached hydrogens (primary N) is 1. The number of amides is 1. The first kappa shape index (κ1) is 16.1. The quantitative estimate of drug-likeness (QED) is 0.573. The summed E-state index contributed by atoms with van der Waals surface area (Å²) in [4.78, 5) is 22.3. The van der Waals surface area contributed by atoms with Gasteiger partial charge in [-0.15, -0.1) is 0 Å². The van der Waals surface area contributed by atoms with E-state index in [0.29, 0.717) is 0 Å². The molecule has 0 heterocycles. The molecule has 0 aliphatic carbocycles. The summed E-state index contributed by atoms with van der Waals surface area (Å²) >= 11 is 0. The fourth-order valence-electron chi connectivity index (χ4n) is 1.74. The van der Waals surface area contributed by atoms with Crippen LogP contribution in [0.1, 0.15) is 24.9 Å². The normalized spacial score (nSPS) is 15.2. The molecule has 110 valence electrons. The van der Waals surface area contributed by atoms with Crippen LogP contribution >= 0.6 is 0 Å². The van der Waals surface area contributed by atoms with Gasteiger partial charge in [0.15, 0.2) is 6.10 Å². The van der Waals surface area contributed by atoms with E-state index >= 15 is 0 Å². The van der Waals surface area contributed by atoms with Crippen molar-refractivity contribution in [1.29, 1.82) is 0 Å². The molecule has 0 saturated heterocycles. The molecule has 0 saturated carbocycles. The van der Waals surface area contributed by atoms with Crippen molar-refractivity contribution < 1.29 is 19.8 Å². The van der Waals surface area contributed by atoms with Crippen molar-refractivity contribution in [3.05, 3.63) is 35.9 Å². The van der Waals surface area contributed by atoms with Gasteiger partial charge in [0.05, 0.1) is 5.92 Å². The van der Waals surface area contributed by atoms with Crippen LogP contribution in [-0.4, -0.2) is 34.7 Å². The molecule has 5 N–H and O–H groups in total. The van der Waals surface area contributed by atoms with Gasteiger partial charge in [-0.1, -0.05) is 37.3 Å². The zero-order chi connectivity index (χ0) is 15.1. The van der Waals surface area contributed by atoms with Crippen LogP contribution in [0, 0.1) is 5.92 Å². The molecular formula is C14H20N2O4. The Hall–Kier alpha value is -1.92. The number of aliphatic hydroxyl groups is 1. The Balaban J connectivity index is 2.45. The van der Waals surface area contributed by atoms with Gasteiger partial charge in [0, 0.05) is 19.0 Å². The molecule has 6 heteroatoms. The Labute approximate surface area is 117 Å². The number of carbonyl (C=O) groups excluding carboxylic acids is 1. The highest BCUT2D eigenvalue weighted by atomic mass is 16.4. The highest BCUT2D eigenvalue weighted by Gasteiger charge is 2.22. The van der Waals surface area contributed by atoms with Gasteiger partial charge in [-0.2, -0.15) is 0 Å². The van der Waals surface area contributed by atoms with Gasteiger partial charge in [0.1, 0.15) is 0 Å². The molecule has 20 heavy (non-hydrogen) atoms. The van der Waals surface area contributed by atoms with Crippen molar-refractivity contribution in [1.82, 2.24) is 5.32 Å². The SMILES string of the molecule is CC(C(=O)NCCC(O)C(=O)O)C(N)c1ccccc1. The summed E-state index contributed by atoms with van der Waals surface area (Å²) in [5.74, 6) is -2.01. The second-order valence-electron chi connectivity index (χ2n) is 4.66. The third kappa shape index (κ3) is 4.64. The molecule has 0 fully saturated rings. The van der Waals surface area contributed by atoms with Crippen LogP contribution in [-0.2, 0) is 9.59 Å². The van der Waals surface area contributed by atoms with E-state index in [1.54, 1.807) is 6.92 Å². The second kappa shape index (κ2) is 7.62. The lowest BCUT2D eigenvalue weighted by molar-refractivity contribution is -0.147. The average Bonchev–Trinajstić information content (AvgIpc) is 2.46. The van der Waals surface area contributed by atoms with E-state index < -0.39 is 24.0 Å². The lowest BCUT2D eigenvalue weighted by Gasteiger charge is -2.20. The summed E-state index contributed by atoms with van der Waals surface area (Å²) in [6.45, 7) is 1.80. The Morgan fingerprint density at radius 1 is 1.30 bits per heavy atom. The number of aliphatic hydroxyl groups excluding tert-OH is 1. The highest BCUT2D eigenvalue weighted by molar-refractivity contribution is 5.79. The van der Waals surface area contributed by atoms with E-state index in [9.17, 15) is 9.59 Å². The van der Waals surface area contributed by atoms with Crippen LogP contribution in [0.2, 0.25) is 0 Å². The number of rotatable bonds is 7. The van der Waals surface area contributed by atoms with Crippen LogP contribution in [0.5, 0.6) is 0 Å². The molecule has 0 aliphatic heterocycles. The minimum absolute atomic E-state index is 0.0334. The lowest BCUT2D eigenvalue weighted by Crippen LogP contribution is -2.37. The van der Waals surface area contributed by atoms with Gasteiger partial charge in [0.25, 0.3) is 0 Å². The summed E-state index contributed by atoms with van der Waals surface area (Å²) in [6.07, 6.45) is -1.50. The average molecular weight is 280 g/mol. The van der Waals surface area contributed by atoms with Gasteiger partial charge < -0.3 is 21.3 Å². The molecule has 1 amide bonds. The van der Waals surface area contributed by atoms with Gasteiger partial charge in [-0.05, 0) is 5.56 Å². The summed E-state index contributed by atoms with van der Waals surface area (Å²) < 4.78 is 0. The number of carbonyl (C=O) groups is 2. The Morgan fingerprint density at radius 2 is 1.90 bits per heavy atom. The standard InChI is InChI=1S/C14H20N2O4/c1-9(12(15)10-5-3-2-4-6-10)13(18)16-8-7-11(17)14(19)20/h2-6,9,11-12,17H,7-8,15H2,1H3,(H,16,18)(H,19,20). The lowest BCUT2D eigenvalue weighted by atomic mass is 9.94. The van der Waals surface area contributed by atoms with E-state index in [1.165, 1.54) is 0 Å². The number of aliphatic carboxylic acids is 1. The van der Waals surface area contributed by atoms with Crippen molar-refractivity contribution in [2.45, 2.75) is 25.5 Å². The zero-order valence-electron chi connectivity index (χ0n) is 11.3. The predicted octanol–water partition coefficient (Wildman–Crippen LogP) is 0.274. The molecule has 1 rings (SSSR count). The minimum atomic E-state index is -1.46. The maximum absolute atomic E-state index is 11.9. The number of hydrogen-bond donors (Lipinski definition) is 4. The van der Waals surface area contributed by atoms with E-state index in [1.807, 2.05) is 30.3 Å². The Kier molecular flexibility index (Phi) is 6.14. The van der Waals surface area contributed by atoms with Crippen molar-refractivity contribution in [3.63, 3.8) is 0 Å². The van der Waals surface area contributed by atoms with Gasteiger partial charge in [-0.3, -0.25) is 4.79 Å². The molecule has 1 aromatic rings. The fourth-order valence-corrected chi connectivity index (χ4v) is 1.74. The topological polar surface area (TPSA) is 113 Å². The van der Waals surface area contributed by atoms with Crippen LogP contribution < -0.4 is 11.1 Å². The molecule has 3 atom stereocenters. The molecule has 0 aliphatic rings. The number of carboxylic acid groups (broad SMARTS) is 1. The summed E-state index contributed by atoms with van der Waals surface area (Å²) in [5.41, 5.74) is 6.88. The van der Waals surface area contributed by atoms with Crippen LogP contribution in [0.15, 0.2) is 30.3 Å². The monoisotopic (exact) mass is 280 g/mol. The van der Waals surface area contributed by atoms with Gasteiger partial charge in [-0.25, -0.2) is 4.79 Å². The third-order valence-electron chi connectivity index (χ3n) is 3.14. The molecule has 0 aromatic heterocycles. The van der Waals surface area contributed by atoms with Crippen molar-refractivity contribution in [2.24, 2.45) is 11.7 Å². The molecule has 6 nitrogen and oxygen atoms in total. The van der Waals surface area contributed by atoms with Crippen molar-refractivity contribution in [3.8, 4) is 0 Å². The molecule has 3 unspecified atom stereocenters. The maximum Gasteiger partial charge on any atom is 0.332 e. The number of carboxylic acids is 1. The number of nitrogens with one attached hydrogen (secondary N) is 1. The Bertz CT molecular complexity index is 450. The van der Waals surface area contributed by atoms with Crippen LogP contribution in [0.25, 0.3) is 0 Å². The molecular weight excluding hydrogens is 260 g/mol. The molecule has 1 aromatic carbocycles. The minimum Gasteiger partial charge on any atom is -0.479 e. The molecule has 0 radical (unpaired) electrons. The first-order valence-corrected chi connectivity index (χ1v) is 6.42. The van der Waals surface area contributed by atoms with E-state index in [2.05, 4.69) is 5.32 Å². The number of hydrogen-bond acceptors (Lipinski definition) is 4. The smallest absolute Gasteiger partial charge is 0.332 e. The van der Waals surface area contributed by atoms with Crippen molar-refractivity contribution >= 4 is 11.9 Å².